The zero-order valence-corrected chi connectivity index (χ0v) is 20.7. The maximum atomic E-state index is 13.8. The Morgan fingerprint density at radius 1 is 0.824 bits per heavy atom. The van der Waals surface area contributed by atoms with Gasteiger partial charge in [0.15, 0.2) is 0 Å². The third-order valence-electron chi connectivity index (χ3n) is 6.66. The molecule has 1 fully saturated rings. The number of hydrogen-bond acceptors (Lipinski definition) is 3. The van der Waals surface area contributed by atoms with Crippen LogP contribution in [0.4, 0.5) is 5.69 Å². The highest BCUT2D eigenvalue weighted by atomic mass is 79.9. The van der Waals surface area contributed by atoms with Crippen molar-refractivity contribution >= 4 is 39.3 Å². The van der Waals surface area contributed by atoms with Crippen molar-refractivity contribution in [3.63, 3.8) is 0 Å². The highest BCUT2D eigenvalue weighted by Crippen LogP contribution is 2.59. The minimum atomic E-state index is -0.620. The molecule has 4 aromatic rings. The molecule has 2 aliphatic heterocycles. The number of hydrogen-bond donors (Lipinski definition) is 0. The fraction of sp³-hybridized carbons (Fsp3) is 0.138. The van der Waals surface area contributed by atoms with E-state index < -0.39 is 11.6 Å². The Labute approximate surface area is 211 Å². The molecule has 2 aliphatic rings. The monoisotopic (exact) mass is 527 g/mol. The van der Waals surface area contributed by atoms with Crippen molar-refractivity contribution in [2.45, 2.75) is 28.2 Å². The molecule has 3 nitrogen and oxygen atoms in total. The van der Waals surface area contributed by atoms with E-state index in [9.17, 15) is 4.79 Å². The lowest BCUT2D eigenvalue weighted by molar-refractivity contribution is -0.142. The maximum absolute atomic E-state index is 13.8. The fourth-order valence-corrected chi connectivity index (χ4v) is 6.73. The molecule has 168 valence electrons. The van der Waals surface area contributed by atoms with Gasteiger partial charge in [-0.15, -0.1) is 11.8 Å². The van der Waals surface area contributed by atoms with E-state index in [0.29, 0.717) is 5.75 Å². The van der Waals surface area contributed by atoms with Gasteiger partial charge in [0.25, 0.3) is 5.91 Å². The van der Waals surface area contributed by atoms with Crippen LogP contribution in [0.15, 0.2) is 119 Å². The average Bonchev–Trinajstić information content (AvgIpc) is 3.02. The number of anilines is 1. The van der Waals surface area contributed by atoms with Crippen LogP contribution in [0.1, 0.15) is 22.8 Å². The van der Waals surface area contributed by atoms with Gasteiger partial charge in [-0.3, -0.25) is 9.69 Å². The molecule has 6 rings (SSSR count). The number of fused-ring (bicyclic) bond motifs is 3. The summed E-state index contributed by atoms with van der Waals surface area (Å²) in [5.74, 6) is 0.707. The Morgan fingerprint density at radius 3 is 2.21 bits per heavy atom. The minimum Gasteiger partial charge on any atom is -0.478 e. The number of β-lactam (4-membered cyclic amide) rings is 1. The number of carbonyl (C=O) groups is 1. The molecule has 0 radical (unpaired) electrons. The average molecular weight is 528 g/mol. The first-order valence-electron chi connectivity index (χ1n) is 11.3. The number of amides is 1. The number of halogens is 1. The molecule has 3 atom stereocenters. The highest BCUT2D eigenvalue weighted by Gasteiger charge is 2.65. The lowest BCUT2D eigenvalue weighted by Gasteiger charge is -2.57. The van der Waals surface area contributed by atoms with Crippen LogP contribution in [0.25, 0.3) is 0 Å². The molecule has 0 bridgehead atoms. The van der Waals surface area contributed by atoms with E-state index in [1.165, 1.54) is 5.56 Å². The molecular formula is C29H22BrNO2S. The quantitative estimate of drug-likeness (QED) is 0.259. The molecule has 4 aromatic carbocycles. The van der Waals surface area contributed by atoms with E-state index in [0.717, 1.165) is 27.0 Å². The summed E-state index contributed by atoms with van der Waals surface area (Å²) >= 11 is 5.39. The van der Waals surface area contributed by atoms with Gasteiger partial charge in [-0.2, -0.15) is 0 Å². The van der Waals surface area contributed by atoms with Crippen LogP contribution in [0, 0.1) is 0 Å². The van der Waals surface area contributed by atoms with Crippen molar-refractivity contribution in [3.05, 3.63) is 125 Å². The van der Waals surface area contributed by atoms with Crippen molar-refractivity contribution in [2.24, 2.45) is 0 Å². The van der Waals surface area contributed by atoms with Crippen molar-refractivity contribution in [3.8, 4) is 5.75 Å². The number of para-hydroxylation sites is 2. The molecule has 1 saturated heterocycles. The van der Waals surface area contributed by atoms with E-state index in [1.807, 2.05) is 77.3 Å². The van der Waals surface area contributed by atoms with Gasteiger partial charge < -0.3 is 4.74 Å². The topological polar surface area (TPSA) is 29.5 Å². The van der Waals surface area contributed by atoms with Crippen LogP contribution >= 0.6 is 27.7 Å². The summed E-state index contributed by atoms with van der Waals surface area (Å²) < 4.78 is 7.51. The number of benzene rings is 4. The molecule has 0 N–H and O–H groups in total. The zero-order chi connectivity index (χ0) is 23.1. The molecular weight excluding hydrogens is 506 g/mol. The summed E-state index contributed by atoms with van der Waals surface area (Å²) in [5, 5.41) is 0.148. The van der Waals surface area contributed by atoms with Crippen LogP contribution in [0.2, 0.25) is 0 Å². The maximum Gasteiger partial charge on any atom is 0.271 e. The van der Waals surface area contributed by atoms with Gasteiger partial charge in [-0.25, -0.2) is 0 Å². The van der Waals surface area contributed by atoms with Gasteiger partial charge in [0.2, 0.25) is 6.10 Å². The fourth-order valence-electron chi connectivity index (χ4n) is 5.09. The van der Waals surface area contributed by atoms with Crippen LogP contribution in [0.3, 0.4) is 0 Å². The summed E-state index contributed by atoms with van der Waals surface area (Å²) in [6.07, 6.45) is 0.128. The Bertz CT molecular complexity index is 1330. The van der Waals surface area contributed by atoms with Gasteiger partial charge in [0.1, 0.15) is 11.3 Å². The number of nitrogens with zero attached hydrogens (tertiary/aromatic N) is 1. The lowest BCUT2D eigenvalue weighted by atomic mass is 9.70. The SMILES string of the molecule is O=C1[C@H](Oc2ccccc2)[C@]2(c3ccccc3)C[C@H](c3ccc(Br)cc3)Sc3ccccc3N12. The molecule has 0 aromatic heterocycles. The molecule has 2 heterocycles. The third kappa shape index (κ3) is 3.46. The first-order valence-corrected chi connectivity index (χ1v) is 13.0. The third-order valence-corrected chi connectivity index (χ3v) is 8.51. The second kappa shape index (κ2) is 8.64. The summed E-state index contributed by atoms with van der Waals surface area (Å²) in [4.78, 5) is 16.9. The largest absolute Gasteiger partial charge is 0.478 e. The van der Waals surface area contributed by atoms with Gasteiger partial charge in [-0.1, -0.05) is 88.7 Å². The Morgan fingerprint density at radius 2 is 1.47 bits per heavy atom. The summed E-state index contributed by atoms with van der Waals surface area (Å²) in [6.45, 7) is 0. The number of ether oxygens (including phenoxy) is 1. The highest BCUT2D eigenvalue weighted by molar-refractivity contribution is 9.10. The van der Waals surface area contributed by atoms with Crippen LogP contribution in [-0.4, -0.2) is 12.0 Å². The smallest absolute Gasteiger partial charge is 0.271 e. The van der Waals surface area contributed by atoms with Gasteiger partial charge in [0, 0.05) is 14.6 Å². The van der Waals surface area contributed by atoms with E-state index in [4.69, 9.17) is 4.74 Å². The first kappa shape index (κ1) is 21.5. The van der Waals surface area contributed by atoms with Crippen molar-refractivity contribution < 1.29 is 9.53 Å². The molecule has 1 amide bonds. The van der Waals surface area contributed by atoms with E-state index in [-0.39, 0.29) is 11.2 Å². The number of carbonyl (C=O) groups excluding carboxylic acids is 1. The Kier molecular flexibility index (Phi) is 5.47. The van der Waals surface area contributed by atoms with Crippen molar-refractivity contribution in [1.29, 1.82) is 0 Å². The first-order chi connectivity index (χ1) is 16.7. The molecule has 34 heavy (non-hydrogen) atoms. The van der Waals surface area contributed by atoms with Gasteiger partial charge >= 0.3 is 0 Å². The molecule has 0 unspecified atom stereocenters. The summed E-state index contributed by atoms with van der Waals surface area (Å²) in [7, 11) is 0. The zero-order valence-electron chi connectivity index (χ0n) is 18.3. The molecule has 0 saturated carbocycles. The van der Waals surface area contributed by atoms with Crippen LogP contribution < -0.4 is 9.64 Å². The van der Waals surface area contributed by atoms with Crippen LogP contribution in [0.5, 0.6) is 5.75 Å². The second-order valence-electron chi connectivity index (χ2n) is 8.60. The number of thioether (sulfide) groups is 1. The molecule has 0 aliphatic carbocycles. The molecule has 0 spiro atoms. The van der Waals surface area contributed by atoms with Crippen LogP contribution in [-0.2, 0) is 10.3 Å². The van der Waals surface area contributed by atoms with E-state index in [1.54, 1.807) is 0 Å². The van der Waals surface area contributed by atoms with Gasteiger partial charge in [-0.05, 0) is 53.9 Å². The lowest BCUT2D eigenvalue weighted by Crippen LogP contribution is -2.74. The number of rotatable bonds is 4. The van der Waals surface area contributed by atoms with E-state index in [2.05, 4.69) is 64.5 Å². The summed E-state index contributed by atoms with van der Waals surface area (Å²) in [6, 6.07) is 36.8. The Hall–Kier alpha value is -3.02. The van der Waals surface area contributed by atoms with Crippen molar-refractivity contribution in [2.75, 3.05) is 4.90 Å². The minimum absolute atomic E-state index is 0.00258. The Balaban J connectivity index is 1.54. The second-order valence-corrected chi connectivity index (χ2v) is 10.8. The normalized spacial score (nSPS) is 23.3. The predicted octanol–water partition coefficient (Wildman–Crippen LogP) is 7.38. The van der Waals surface area contributed by atoms with Gasteiger partial charge in [0.05, 0.1) is 5.69 Å². The van der Waals surface area contributed by atoms with Crippen molar-refractivity contribution in [1.82, 2.24) is 0 Å². The summed E-state index contributed by atoms with van der Waals surface area (Å²) in [5.41, 5.74) is 2.66. The van der Waals surface area contributed by atoms with E-state index >= 15 is 0 Å². The molecule has 5 heteroatoms. The predicted molar refractivity (Wildman–Crippen MR) is 140 cm³/mol. The standard InChI is InChI=1S/C29H22BrNO2S/c30-22-17-15-20(16-18-22)26-19-29(21-9-3-1-4-10-21)27(33-23-11-5-2-6-12-23)28(32)31(29)24-13-7-8-14-25(24)34-26/h1-18,26-27H,19H2/t26-,27+,29-/m1/s1.